The lowest BCUT2D eigenvalue weighted by molar-refractivity contribution is 0.0929. The Bertz CT molecular complexity index is 356. The molecule has 5 nitrogen and oxygen atoms in total. The second kappa shape index (κ2) is 4.02. The molecule has 1 saturated carbocycles. The maximum Gasteiger partial charge on any atom is 0.271 e. The van der Waals surface area contributed by atoms with Crippen molar-refractivity contribution < 1.29 is 4.79 Å². The van der Waals surface area contributed by atoms with E-state index in [1.54, 1.807) is 17.1 Å². The Labute approximate surface area is 88.7 Å². The number of hydrogen-bond acceptors (Lipinski definition) is 3. The molecule has 82 valence electrons. The van der Waals surface area contributed by atoms with Gasteiger partial charge in [-0.3, -0.25) is 4.79 Å². The minimum Gasteiger partial charge on any atom is -0.346 e. The van der Waals surface area contributed by atoms with Gasteiger partial charge in [-0.05, 0) is 18.8 Å². The van der Waals surface area contributed by atoms with Crippen LogP contribution in [0, 0.1) is 5.92 Å². The first-order valence-corrected chi connectivity index (χ1v) is 5.19. The highest BCUT2D eigenvalue weighted by atomic mass is 16.2. The van der Waals surface area contributed by atoms with E-state index in [2.05, 4.69) is 10.3 Å². The molecule has 1 fully saturated rings. The molecule has 1 unspecified atom stereocenters. The Morgan fingerprint density at radius 1 is 1.80 bits per heavy atom. The quantitative estimate of drug-likeness (QED) is 0.725. The van der Waals surface area contributed by atoms with Crippen LogP contribution in [0.2, 0.25) is 0 Å². The van der Waals surface area contributed by atoms with Crippen LogP contribution in [0.25, 0.3) is 0 Å². The van der Waals surface area contributed by atoms with E-state index in [1.165, 1.54) is 12.8 Å². The molecule has 1 aliphatic carbocycles. The number of aromatic nitrogens is 2. The van der Waals surface area contributed by atoms with Crippen molar-refractivity contribution in [3.05, 3.63) is 18.2 Å². The van der Waals surface area contributed by atoms with Crippen LogP contribution in [0.5, 0.6) is 0 Å². The summed E-state index contributed by atoms with van der Waals surface area (Å²) in [7, 11) is 1.84. The first-order chi connectivity index (χ1) is 7.20. The molecule has 1 atom stereocenters. The van der Waals surface area contributed by atoms with E-state index in [1.807, 2.05) is 7.05 Å². The van der Waals surface area contributed by atoms with Gasteiger partial charge >= 0.3 is 0 Å². The number of aryl methyl sites for hydroxylation is 1. The highest BCUT2D eigenvalue weighted by molar-refractivity contribution is 5.92. The van der Waals surface area contributed by atoms with Gasteiger partial charge in [0.1, 0.15) is 5.69 Å². The number of hydrogen-bond donors (Lipinski definition) is 2. The summed E-state index contributed by atoms with van der Waals surface area (Å²) in [6.45, 7) is 0.503. The smallest absolute Gasteiger partial charge is 0.271 e. The number of nitrogens with two attached hydrogens (primary N) is 1. The average molecular weight is 208 g/mol. The monoisotopic (exact) mass is 208 g/mol. The summed E-state index contributed by atoms with van der Waals surface area (Å²) in [5, 5.41) is 2.92. The zero-order valence-electron chi connectivity index (χ0n) is 8.81. The SMILES string of the molecule is Cn1cnc(C(=O)NC(CN)C2CC2)c1. The highest BCUT2D eigenvalue weighted by Crippen LogP contribution is 2.32. The Balaban J connectivity index is 1.96. The van der Waals surface area contributed by atoms with E-state index in [-0.39, 0.29) is 11.9 Å². The Hall–Kier alpha value is -1.36. The van der Waals surface area contributed by atoms with Gasteiger partial charge in [0.15, 0.2) is 0 Å². The molecule has 0 aromatic carbocycles. The predicted molar refractivity (Wildman–Crippen MR) is 56.2 cm³/mol. The van der Waals surface area contributed by atoms with E-state index in [9.17, 15) is 4.79 Å². The van der Waals surface area contributed by atoms with Crippen LogP contribution in [0.1, 0.15) is 23.3 Å². The van der Waals surface area contributed by atoms with Crippen LogP contribution < -0.4 is 11.1 Å². The minimum atomic E-state index is -0.127. The van der Waals surface area contributed by atoms with Crippen molar-refractivity contribution in [3.63, 3.8) is 0 Å². The number of nitrogens with zero attached hydrogens (tertiary/aromatic N) is 2. The fourth-order valence-electron chi connectivity index (χ4n) is 1.64. The van der Waals surface area contributed by atoms with E-state index in [0.717, 1.165) is 0 Å². The van der Waals surface area contributed by atoms with Gasteiger partial charge in [-0.1, -0.05) is 0 Å². The first kappa shape index (κ1) is 10.2. The van der Waals surface area contributed by atoms with Gasteiger partial charge in [0.25, 0.3) is 5.91 Å². The first-order valence-electron chi connectivity index (χ1n) is 5.19. The van der Waals surface area contributed by atoms with Crippen molar-refractivity contribution in [3.8, 4) is 0 Å². The summed E-state index contributed by atoms with van der Waals surface area (Å²) in [6, 6.07) is 0.111. The zero-order valence-corrected chi connectivity index (χ0v) is 8.81. The number of imidazole rings is 1. The maximum atomic E-state index is 11.7. The van der Waals surface area contributed by atoms with Gasteiger partial charge in [-0.25, -0.2) is 4.98 Å². The predicted octanol–water partition coefficient (Wildman–Crippen LogP) is -0.113. The van der Waals surface area contributed by atoms with Crippen LogP contribution in [0.3, 0.4) is 0 Å². The zero-order chi connectivity index (χ0) is 10.8. The highest BCUT2D eigenvalue weighted by Gasteiger charge is 2.31. The summed E-state index contributed by atoms with van der Waals surface area (Å²) in [5.41, 5.74) is 6.06. The fraction of sp³-hybridized carbons (Fsp3) is 0.600. The number of amides is 1. The van der Waals surface area contributed by atoms with Gasteiger partial charge in [-0.15, -0.1) is 0 Å². The van der Waals surface area contributed by atoms with Crippen molar-refractivity contribution in [1.29, 1.82) is 0 Å². The summed E-state index contributed by atoms with van der Waals surface area (Å²) in [6.07, 6.45) is 5.66. The number of nitrogens with one attached hydrogen (secondary N) is 1. The molecule has 1 amide bonds. The number of rotatable bonds is 4. The van der Waals surface area contributed by atoms with Gasteiger partial charge < -0.3 is 15.6 Å². The van der Waals surface area contributed by atoms with Crippen LogP contribution in [0.15, 0.2) is 12.5 Å². The van der Waals surface area contributed by atoms with E-state index < -0.39 is 0 Å². The van der Waals surface area contributed by atoms with Crippen molar-refractivity contribution in [2.24, 2.45) is 18.7 Å². The van der Waals surface area contributed by atoms with E-state index >= 15 is 0 Å². The fourth-order valence-corrected chi connectivity index (χ4v) is 1.64. The average Bonchev–Trinajstić information content (AvgIpc) is 2.97. The third kappa shape index (κ3) is 2.36. The molecule has 1 aromatic rings. The Kier molecular flexibility index (Phi) is 2.73. The number of carbonyl (C=O) groups excluding carboxylic acids is 1. The molecule has 0 saturated heterocycles. The standard InChI is InChI=1S/C10H16N4O/c1-14-5-9(12-6-14)10(15)13-8(4-11)7-2-3-7/h5-8H,2-4,11H2,1H3,(H,13,15). The molecule has 0 aliphatic heterocycles. The van der Waals surface area contributed by atoms with E-state index in [0.29, 0.717) is 18.2 Å². The molecule has 1 aromatic heterocycles. The lowest BCUT2D eigenvalue weighted by Gasteiger charge is -2.14. The summed E-state index contributed by atoms with van der Waals surface area (Å²) >= 11 is 0. The van der Waals surface area contributed by atoms with Crippen LogP contribution in [-0.2, 0) is 7.05 Å². The van der Waals surface area contributed by atoms with Gasteiger partial charge in [-0.2, -0.15) is 0 Å². The van der Waals surface area contributed by atoms with Crippen LogP contribution in [0.4, 0.5) is 0 Å². The van der Waals surface area contributed by atoms with Crippen LogP contribution in [-0.4, -0.2) is 28.0 Å². The maximum absolute atomic E-state index is 11.7. The third-order valence-corrected chi connectivity index (χ3v) is 2.70. The van der Waals surface area contributed by atoms with E-state index in [4.69, 9.17) is 5.73 Å². The summed E-state index contributed by atoms with van der Waals surface area (Å²) in [5.74, 6) is 0.445. The molecule has 3 N–H and O–H groups in total. The number of carbonyl (C=O) groups is 1. The minimum absolute atomic E-state index is 0.111. The second-order valence-electron chi connectivity index (χ2n) is 4.08. The molecule has 0 spiro atoms. The molecule has 1 heterocycles. The molecule has 15 heavy (non-hydrogen) atoms. The van der Waals surface area contributed by atoms with Crippen molar-refractivity contribution in [1.82, 2.24) is 14.9 Å². The van der Waals surface area contributed by atoms with Crippen molar-refractivity contribution in [2.75, 3.05) is 6.54 Å². The largest absolute Gasteiger partial charge is 0.346 e. The molecular formula is C10H16N4O. The lowest BCUT2D eigenvalue weighted by Crippen LogP contribution is -2.41. The normalized spacial score (nSPS) is 17.5. The van der Waals surface area contributed by atoms with Crippen molar-refractivity contribution in [2.45, 2.75) is 18.9 Å². The summed E-state index contributed by atoms with van der Waals surface area (Å²) < 4.78 is 1.75. The molecule has 1 aliphatic rings. The molecule has 5 heteroatoms. The molecule has 2 rings (SSSR count). The molecule has 0 bridgehead atoms. The topological polar surface area (TPSA) is 72.9 Å². The van der Waals surface area contributed by atoms with Crippen LogP contribution >= 0.6 is 0 Å². The van der Waals surface area contributed by atoms with Gasteiger partial charge in [0, 0.05) is 25.8 Å². The lowest BCUT2D eigenvalue weighted by atomic mass is 10.2. The summed E-state index contributed by atoms with van der Waals surface area (Å²) in [4.78, 5) is 15.7. The Morgan fingerprint density at radius 2 is 2.53 bits per heavy atom. The van der Waals surface area contributed by atoms with Crippen molar-refractivity contribution >= 4 is 5.91 Å². The molecule has 0 radical (unpaired) electrons. The van der Waals surface area contributed by atoms with Gasteiger partial charge in [0.05, 0.1) is 6.33 Å². The molecular weight excluding hydrogens is 192 g/mol. The Morgan fingerprint density at radius 3 is 3.00 bits per heavy atom. The van der Waals surface area contributed by atoms with Gasteiger partial charge in [0.2, 0.25) is 0 Å². The second-order valence-corrected chi connectivity index (χ2v) is 4.08. The third-order valence-electron chi connectivity index (χ3n) is 2.70.